The van der Waals surface area contributed by atoms with Crippen molar-refractivity contribution < 1.29 is 22.7 Å². The summed E-state index contributed by atoms with van der Waals surface area (Å²) in [7, 11) is -1.63. The van der Waals surface area contributed by atoms with Crippen molar-refractivity contribution in [1.82, 2.24) is 5.32 Å². The van der Waals surface area contributed by atoms with E-state index in [2.05, 4.69) is 10.6 Å². The van der Waals surface area contributed by atoms with Gasteiger partial charge in [-0.1, -0.05) is 61.8 Å². The molecule has 1 fully saturated rings. The van der Waals surface area contributed by atoms with Crippen LogP contribution in [0, 0.1) is 19.3 Å². The first-order valence-electron chi connectivity index (χ1n) is 13.5. The highest BCUT2D eigenvalue weighted by Crippen LogP contribution is 2.43. The molecule has 0 aliphatic heterocycles. The van der Waals surface area contributed by atoms with Crippen LogP contribution in [-0.2, 0) is 25.8 Å². The Labute approximate surface area is 238 Å². The Morgan fingerprint density at radius 1 is 1.03 bits per heavy atom. The highest BCUT2D eigenvalue weighted by atomic mass is 32.2. The number of carbonyl (C=O) groups excluding carboxylic acids is 2. The number of sulfone groups is 1. The molecule has 3 rings (SSSR count). The van der Waals surface area contributed by atoms with E-state index in [9.17, 15) is 18.0 Å². The van der Waals surface area contributed by atoms with Gasteiger partial charge in [0, 0.05) is 35.1 Å². The molecule has 1 amide bonds. The van der Waals surface area contributed by atoms with E-state index in [0.717, 1.165) is 55.2 Å². The minimum absolute atomic E-state index is 0.156. The van der Waals surface area contributed by atoms with Crippen LogP contribution in [0.4, 0.5) is 5.69 Å². The van der Waals surface area contributed by atoms with Crippen molar-refractivity contribution in [1.29, 1.82) is 0 Å². The van der Waals surface area contributed by atoms with Gasteiger partial charge < -0.3 is 15.4 Å². The molecule has 0 saturated heterocycles. The summed E-state index contributed by atoms with van der Waals surface area (Å²) in [6, 6.07) is 12.5. The zero-order chi connectivity index (χ0) is 28.6. The molecule has 1 aliphatic carbocycles. The van der Waals surface area contributed by atoms with Gasteiger partial charge in [-0.25, -0.2) is 13.2 Å². The summed E-state index contributed by atoms with van der Waals surface area (Å²) in [6.45, 7) is 3.83. The third kappa shape index (κ3) is 8.60. The number of nitrogens with one attached hydrogen (secondary N) is 2. The van der Waals surface area contributed by atoms with E-state index in [0.29, 0.717) is 29.1 Å². The molecule has 9 heteroatoms. The van der Waals surface area contributed by atoms with Gasteiger partial charge in [0.2, 0.25) is 0 Å². The Morgan fingerprint density at radius 3 is 2.21 bits per heavy atom. The molecule has 39 heavy (non-hydrogen) atoms. The highest BCUT2D eigenvalue weighted by Gasteiger charge is 2.39. The third-order valence-corrected chi connectivity index (χ3v) is 9.19. The number of benzene rings is 2. The van der Waals surface area contributed by atoms with Crippen molar-refractivity contribution in [2.75, 3.05) is 24.4 Å². The van der Waals surface area contributed by atoms with E-state index in [4.69, 9.17) is 17.0 Å². The van der Waals surface area contributed by atoms with Crippen LogP contribution in [0.25, 0.3) is 0 Å². The number of rotatable bonds is 12. The van der Waals surface area contributed by atoms with E-state index in [-0.39, 0.29) is 17.1 Å². The summed E-state index contributed by atoms with van der Waals surface area (Å²) < 4.78 is 28.1. The number of hydrogen-bond donors (Lipinski definition) is 2. The Bertz CT molecular complexity index is 1260. The average Bonchev–Trinajstić information content (AvgIpc) is 3.36. The van der Waals surface area contributed by atoms with Crippen LogP contribution in [0.3, 0.4) is 0 Å². The minimum Gasteiger partial charge on any atom is -0.467 e. The molecule has 0 heterocycles. The second-order valence-corrected chi connectivity index (χ2v) is 13.4. The van der Waals surface area contributed by atoms with Crippen molar-refractivity contribution in [2.24, 2.45) is 5.41 Å². The Morgan fingerprint density at radius 2 is 1.64 bits per heavy atom. The predicted molar refractivity (Wildman–Crippen MR) is 160 cm³/mol. The number of esters is 1. The number of aryl methyl sites for hydroxylation is 2. The Kier molecular flexibility index (Phi) is 10.7. The SMILES string of the molecule is COC(=O)C(Cc1ccc(NC(=O)c2c(C)cccc2C)cc1)NC(=S)C1(CCCCS(C)(=O)=O)CCCC1. The maximum absolute atomic E-state index is 12.8. The number of thiocarbonyl (C=S) groups is 1. The van der Waals surface area contributed by atoms with E-state index in [1.165, 1.54) is 13.4 Å². The lowest BCUT2D eigenvalue weighted by molar-refractivity contribution is -0.142. The van der Waals surface area contributed by atoms with E-state index >= 15 is 0 Å². The molecule has 2 aromatic rings. The van der Waals surface area contributed by atoms with Crippen LogP contribution >= 0.6 is 12.2 Å². The largest absolute Gasteiger partial charge is 0.467 e. The number of methoxy groups -OCH3 is 1. The van der Waals surface area contributed by atoms with Crippen LogP contribution in [0.2, 0.25) is 0 Å². The summed E-state index contributed by atoms with van der Waals surface area (Å²) in [5.74, 6) is -0.374. The molecule has 1 saturated carbocycles. The summed E-state index contributed by atoms with van der Waals surface area (Å²) in [5, 5.41) is 6.26. The van der Waals surface area contributed by atoms with E-state index < -0.39 is 21.8 Å². The molecule has 0 bridgehead atoms. The molecule has 2 aromatic carbocycles. The van der Waals surface area contributed by atoms with Gasteiger partial charge >= 0.3 is 5.97 Å². The molecule has 1 unspecified atom stereocenters. The first-order valence-corrected chi connectivity index (χ1v) is 15.9. The van der Waals surface area contributed by atoms with Gasteiger partial charge in [-0.3, -0.25) is 4.79 Å². The molecule has 7 nitrogen and oxygen atoms in total. The number of unbranched alkanes of at least 4 members (excludes halogenated alkanes) is 1. The summed E-state index contributed by atoms with van der Waals surface area (Å²) in [5.41, 5.74) is 3.86. The number of carbonyl (C=O) groups is 2. The smallest absolute Gasteiger partial charge is 0.328 e. The monoisotopic (exact) mass is 572 g/mol. The summed E-state index contributed by atoms with van der Waals surface area (Å²) in [4.78, 5) is 26.2. The summed E-state index contributed by atoms with van der Waals surface area (Å²) in [6.07, 6.45) is 7.80. The van der Waals surface area contributed by atoms with Crippen molar-refractivity contribution in [3.8, 4) is 0 Å². The standard InChI is InChI=1S/C30H40N2O5S2/c1-21-10-9-11-22(2)26(21)27(33)31-24-14-12-23(13-15-24)20-25(28(34)37-3)32-29(38)30(16-5-6-17-30)18-7-8-19-39(4,35)36/h9-15,25H,5-8,16-20H2,1-4H3,(H,31,33)(H,32,38). The highest BCUT2D eigenvalue weighted by molar-refractivity contribution is 7.90. The Balaban J connectivity index is 1.66. The second kappa shape index (κ2) is 13.5. The molecule has 0 radical (unpaired) electrons. The van der Waals surface area contributed by atoms with Crippen LogP contribution < -0.4 is 10.6 Å². The molecule has 0 spiro atoms. The molecular weight excluding hydrogens is 532 g/mol. The number of hydrogen-bond acceptors (Lipinski definition) is 6. The quantitative estimate of drug-likeness (QED) is 0.201. The van der Waals surface area contributed by atoms with Gasteiger partial charge in [0.25, 0.3) is 5.91 Å². The molecule has 1 atom stereocenters. The van der Waals surface area contributed by atoms with Crippen LogP contribution in [0.5, 0.6) is 0 Å². The fourth-order valence-corrected chi connectivity index (χ4v) is 6.62. The zero-order valence-corrected chi connectivity index (χ0v) is 25.0. The van der Waals surface area contributed by atoms with Crippen molar-refractivity contribution >= 4 is 44.6 Å². The van der Waals surface area contributed by atoms with Gasteiger partial charge in [0.15, 0.2) is 0 Å². The lowest BCUT2D eigenvalue weighted by Gasteiger charge is -2.33. The van der Waals surface area contributed by atoms with Crippen molar-refractivity contribution in [3.63, 3.8) is 0 Å². The number of ether oxygens (including phenoxy) is 1. The van der Waals surface area contributed by atoms with E-state index in [1.54, 1.807) is 0 Å². The van der Waals surface area contributed by atoms with Crippen molar-refractivity contribution in [2.45, 2.75) is 71.3 Å². The molecule has 2 N–H and O–H groups in total. The molecule has 212 valence electrons. The fourth-order valence-electron chi connectivity index (χ4n) is 5.44. The first-order chi connectivity index (χ1) is 18.4. The van der Waals surface area contributed by atoms with Gasteiger partial charge in [-0.15, -0.1) is 0 Å². The van der Waals surface area contributed by atoms with Gasteiger partial charge in [-0.2, -0.15) is 0 Å². The molecule has 0 aromatic heterocycles. The maximum Gasteiger partial charge on any atom is 0.328 e. The van der Waals surface area contributed by atoms with E-state index in [1.807, 2.05) is 56.3 Å². The van der Waals surface area contributed by atoms with Crippen molar-refractivity contribution in [3.05, 3.63) is 64.7 Å². The first kappa shape index (κ1) is 30.8. The van der Waals surface area contributed by atoms with Crippen LogP contribution in [0.15, 0.2) is 42.5 Å². The number of amides is 1. The second-order valence-electron chi connectivity index (χ2n) is 10.7. The molecular formula is C30H40N2O5S2. The molecule has 1 aliphatic rings. The van der Waals surface area contributed by atoms with Crippen LogP contribution in [0.1, 0.15) is 72.0 Å². The lowest BCUT2D eigenvalue weighted by atomic mass is 9.80. The zero-order valence-electron chi connectivity index (χ0n) is 23.3. The van der Waals surface area contributed by atoms with Gasteiger partial charge in [0.05, 0.1) is 12.1 Å². The number of anilines is 1. The predicted octanol–water partition coefficient (Wildman–Crippen LogP) is 5.33. The topological polar surface area (TPSA) is 102 Å². The fraction of sp³-hybridized carbons (Fsp3) is 0.500. The minimum atomic E-state index is -2.99. The maximum atomic E-state index is 12.8. The average molecular weight is 573 g/mol. The normalized spacial score (nSPS) is 15.4. The van der Waals surface area contributed by atoms with Gasteiger partial charge in [0.1, 0.15) is 15.9 Å². The lowest BCUT2D eigenvalue weighted by Crippen LogP contribution is -2.48. The summed E-state index contributed by atoms with van der Waals surface area (Å²) >= 11 is 5.86. The van der Waals surface area contributed by atoms with Gasteiger partial charge in [-0.05, 0) is 68.4 Å². The Hall–Kier alpha value is -2.78. The third-order valence-electron chi connectivity index (χ3n) is 7.61. The van der Waals surface area contributed by atoms with Crippen LogP contribution in [-0.4, -0.2) is 50.4 Å².